The van der Waals surface area contributed by atoms with Crippen LogP contribution in [0.2, 0.25) is 0 Å². The van der Waals surface area contributed by atoms with E-state index in [4.69, 9.17) is 0 Å². The van der Waals surface area contributed by atoms with Crippen molar-refractivity contribution >= 4 is 20.1 Å². The molecule has 0 radical (unpaired) electrons. The van der Waals surface area contributed by atoms with Crippen LogP contribution in [0.4, 0.5) is 0 Å². The molecule has 0 aromatic carbocycles. The fourth-order valence-corrected chi connectivity index (χ4v) is 0.962. The lowest BCUT2D eigenvalue weighted by atomic mass is 10.5. The van der Waals surface area contributed by atoms with Gasteiger partial charge in [0.15, 0.2) is 0 Å². The zero-order valence-corrected chi connectivity index (χ0v) is 4.96. The summed E-state index contributed by atoms with van der Waals surface area (Å²) in [4.78, 5) is 0. The number of hydrogen-bond donors (Lipinski definition) is 0. The van der Waals surface area contributed by atoms with E-state index in [0.29, 0.717) is 0 Å². The molecule has 34 valence electrons. The maximum absolute atomic E-state index is 2.15. The van der Waals surface area contributed by atoms with Crippen LogP contribution in [0.25, 0.3) is 0 Å². The number of rotatable bonds is 0. The van der Waals surface area contributed by atoms with Gasteiger partial charge in [-0.05, 0) is 20.1 Å². The topological polar surface area (TPSA) is 0 Å². The van der Waals surface area contributed by atoms with Gasteiger partial charge in [-0.1, -0.05) is 24.3 Å². The molecule has 0 bridgehead atoms. The summed E-state index contributed by atoms with van der Waals surface area (Å²) in [5, 5.41) is 0. The first kappa shape index (κ1) is 4.59. The maximum atomic E-state index is 2.15. The van der Waals surface area contributed by atoms with E-state index in [-0.39, 0.29) is 0 Å². The molecule has 1 aliphatic rings. The number of allylic oxidation sites excluding steroid dienone is 4. The normalized spacial score (nSPS) is 14.9. The van der Waals surface area contributed by atoms with Crippen molar-refractivity contribution in [2.45, 2.75) is 0 Å². The molecule has 0 aromatic rings. The zero-order valence-electron chi connectivity index (χ0n) is 3.96. The summed E-state index contributed by atoms with van der Waals surface area (Å²) in [6, 6.07) is 0. The first-order valence-corrected chi connectivity index (χ1v) is 3.40. The molecule has 0 atom stereocenters. The average molecular weight is 106 g/mol. The monoisotopic (exact) mass is 106 g/mol. The largest absolute Gasteiger partial charge is 0.0621 e. The second-order valence-corrected chi connectivity index (χ2v) is 2.27. The van der Waals surface area contributed by atoms with Crippen LogP contribution in [0.3, 0.4) is 0 Å². The third kappa shape index (κ3) is 1.55. The molecule has 7 heavy (non-hydrogen) atoms. The van der Waals surface area contributed by atoms with Crippen LogP contribution in [-0.4, -0.2) is 20.1 Å². The van der Waals surface area contributed by atoms with Crippen molar-refractivity contribution in [1.29, 1.82) is 0 Å². The highest BCUT2D eigenvalue weighted by atomic mass is 28.1. The molecular formula is C6H6Si. The molecule has 0 saturated carbocycles. The van der Waals surface area contributed by atoms with Crippen molar-refractivity contribution in [2.24, 2.45) is 0 Å². The lowest BCUT2D eigenvalue weighted by Gasteiger charge is -1.61. The van der Waals surface area contributed by atoms with Gasteiger partial charge in [0, 0.05) is 0 Å². The van der Waals surface area contributed by atoms with Gasteiger partial charge in [-0.2, -0.15) is 0 Å². The summed E-state index contributed by atoms with van der Waals surface area (Å²) in [6.07, 6.45) is 8.21. The molecule has 1 aliphatic heterocycles. The predicted octanol–water partition coefficient (Wildman–Crippen LogP) is 0.421. The SMILES string of the molecule is C1=CC=[Si]=CC=C1. The second kappa shape index (κ2) is 2.58. The molecule has 0 aliphatic carbocycles. The minimum atomic E-state index is 0.871. The van der Waals surface area contributed by atoms with Gasteiger partial charge in [-0.3, -0.25) is 0 Å². The van der Waals surface area contributed by atoms with Gasteiger partial charge in [0.1, 0.15) is 0 Å². The lowest BCUT2D eigenvalue weighted by Crippen LogP contribution is -1.66. The highest BCUT2D eigenvalue weighted by Gasteiger charge is 1.62. The maximum Gasteiger partial charge on any atom is -0.0382 e. The van der Waals surface area contributed by atoms with E-state index in [1.807, 2.05) is 12.2 Å². The molecule has 0 nitrogen and oxygen atoms in total. The first-order chi connectivity index (χ1) is 3.50. The van der Waals surface area contributed by atoms with Crippen LogP contribution in [-0.2, 0) is 0 Å². The fourth-order valence-electron chi connectivity index (χ4n) is 0.406. The third-order valence-corrected chi connectivity index (χ3v) is 1.49. The quantitative estimate of drug-likeness (QED) is 0.393. The molecular weight excluding hydrogens is 100 g/mol. The Labute approximate surface area is 45.2 Å². The van der Waals surface area contributed by atoms with E-state index >= 15 is 0 Å². The Morgan fingerprint density at radius 2 is 1.29 bits per heavy atom. The molecule has 0 amide bonds. The van der Waals surface area contributed by atoms with E-state index in [2.05, 4.69) is 23.5 Å². The summed E-state index contributed by atoms with van der Waals surface area (Å²) in [5.74, 6) is 0. The molecule has 1 heteroatoms. The van der Waals surface area contributed by atoms with Crippen LogP contribution >= 0.6 is 0 Å². The van der Waals surface area contributed by atoms with Gasteiger partial charge in [-0.25, -0.2) is 0 Å². The summed E-state index contributed by atoms with van der Waals surface area (Å²) in [5.41, 5.74) is 4.31. The smallest absolute Gasteiger partial charge is 0.0382 e. The second-order valence-electron chi connectivity index (χ2n) is 1.27. The van der Waals surface area contributed by atoms with Gasteiger partial charge < -0.3 is 0 Å². The molecule has 0 unspecified atom stereocenters. The number of hydrogen-bond acceptors (Lipinski definition) is 0. The lowest BCUT2D eigenvalue weighted by molar-refractivity contribution is 2.06. The Morgan fingerprint density at radius 3 is 1.86 bits per heavy atom. The fraction of sp³-hybridized carbons (Fsp3) is 0. The summed E-state index contributed by atoms with van der Waals surface area (Å²) < 4.78 is 0. The van der Waals surface area contributed by atoms with Crippen molar-refractivity contribution in [3.63, 3.8) is 0 Å². The standard InChI is InChI=1S/C6H6Si/c1-2-4-6-7-5-3-1/h1-6H. The van der Waals surface area contributed by atoms with Gasteiger partial charge in [0.2, 0.25) is 0 Å². The van der Waals surface area contributed by atoms with Crippen molar-refractivity contribution in [1.82, 2.24) is 0 Å². The van der Waals surface area contributed by atoms with Crippen molar-refractivity contribution in [2.75, 3.05) is 0 Å². The van der Waals surface area contributed by atoms with E-state index in [1.54, 1.807) is 0 Å². The average Bonchev–Trinajstić information content (AvgIpc) is 1.90. The van der Waals surface area contributed by atoms with Gasteiger partial charge in [-0.15, -0.1) is 0 Å². The summed E-state index contributed by atoms with van der Waals surface area (Å²) >= 11 is 0. The minimum absolute atomic E-state index is 0.871. The Morgan fingerprint density at radius 1 is 0.714 bits per heavy atom. The van der Waals surface area contributed by atoms with Crippen molar-refractivity contribution in [3.05, 3.63) is 24.3 Å². The van der Waals surface area contributed by atoms with Gasteiger partial charge in [0.25, 0.3) is 0 Å². The van der Waals surface area contributed by atoms with E-state index < -0.39 is 0 Å². The van der Waals surface area contributed by atoms with E-state index in [0.717, 1.165) is 8.74 Å². The Hall–Kier alpha value is -0.563. The molecule has 0 spiro atoms. The minimum Gasteiger partial charge on any atom is -0.0621 e. The van der Waals surface area contributed by atoms with E-state index in [1.165, 1.54) is 0 Å². The molecule has 0 N–H and O–H groups in total. The van der Waals surface area contributed by atoms with Crippen LogP contribution in [0.5, 0.6) is 0 Å². The molecule has 0 saturated heterocycles. The van der Waals surface area contributed by atoms with Gasteiger partial charge in [0.05, 0.1) is 0 Å². The van der Waals surface area contributed by atoms with Crippen LogP contribution in [0, 0.1) is 0 Å². The Kier molecular flexibility index (Phi) is 1.69. The summed E-state index contributed by atoms with van der Waals surface area (Å²) in [6.45, 7) is 0. The van der Waals surface area contributed by atoms with E-state index in [9.17, 15) is 0 Å². The first-order valence-electron chi connectivity index (χ1n) is 2.24. The summed E-state index contributed by atoms with van der Waals surface area (Å²) in [7, 11) is 0.871. The molecule has 0 aromatic heterocycles. The van der Waals surface area contributed by atoms with Crippen LogP contribution in [0.15, 0.2) is 24.3 Å². The Bertz CT molecular complexity index is 141. The van der Waals surface area contributed by atoms with Crippen molar-refractivity contribution in [3.8, 4) is 0 Å². The molecule has 0 fully saturated rings. The molecule has 1 heterocycles. The third-order valence-electron chi connectivity index (χ3n) is 0.718. The van der Waals surface area contributed by atoms with Crippen LogP contribution < -0.4 is 0 Å². The van der Waals surface area contributed by atoms with Gasteiger partial charge >= 0.3 is 0 Å². The molecule has 1 rings (SSSR count). The van der Waals surface area contributed by atoms with Crippen LogP contribution in [0.1, 0.15) is 0 Å². The Balaban J connectivity index is 2.86. The zero-order chi connectivity index (χ0) is 4.95. The van der Waals surface area contributed by atoms with Crippen molar-refractivity contribution < 1.29 is 0 Å². The highest BCUT2D eigenvalue weighted by Crippen LogP contribution is 1.72. The predicted molar refractivity (Wildman–Crippen MR) is 36.2 cm³/mol. The highest BCUT2D eigenvalue weighted by molar-refractivity contribution is 6.58.